The van der Waals surface area contributed by atoms with Crippen LogP contribution in [0.1, 0.15) is 0 Å². The summed E-state index contributed by atoms with van der Waals surface area (Å²) in [6, 6.07) is 5.73. The van der Waals surface area contributed by atoms with Crippen molar-refractivity contribution in [1.29, 1.82) is 0 Å². The van der Waals surface area contributed by atoms with Crippen LogP contribution in [0.3, 0.4) is 0 Å². The molecule has 0 spiro atoms. The van der Waals surface area contributed by atoms with Gasteiger partial charge in [0.2, 0.25) is 0 Å². The minimum atomic E-state index is -0.646. The standard InChI is InChI=1S/C12H18N2O5/c1-18-7-6-13-8-11(15)9-19-12-4-2-10(3-5-12)14(16)17/h2-5,11,13,15H,6-9H2,1H3/t11-/m0/s1. The quantitative estimate of drug-likeness (QED) is 0.387. The lowest BCUT2D eigenvalue weighted by Crippen LogP contribution is -2.33. The Morgan fingerprint density at radius 1 is 1.42 bits per heavy atom. The Kier molecular flexibility index (Phi) is 6.80. The fourth-order valence-electron chi connectivity index (χ4n) is 1.36. The summed E-state index contributed by atoms with van der Waals surface area (Å²) in [7, 11) is 1.61. The van der Waals surface area contributed by atoms with Crippen molar-refractivity contribution in [3.05, 3.63) is 34.4 Å². The van der Waals surface area contributed by atoms with Crippen molar-refractivity contribution in [3.8, 4) is 5.75 Å². The predicted octanol–water partition coefficient (Wildman–Crippen LogP) is 0.570. The van der Waals surface area contributed by atoms with E-state index in [1.807, 2.05) is 0 Å². The Labute approximate surface area is 111 Å². The van der Waals surface area contributed by atoms with Crippen LogP contribution >= 0.6 is 0 Å². The van der Waals surface area contributed by atoms with E-state index in [1.165, 1.54) is 24.3 Å². The van der Waals surface area contributed by atoms with Gasteiger partial charge in [0.1, 0.15) is 18.5 Å². The lowest BCUT2D eigenvalue weighted by Gasteiger charge is -2.13. The number of nitrogens with one attached hydrogen (secondary N) is 1. The molecule has 0 radical (unpaired) electrons. The van der Waals surface area contributed by atoms with Crippen LogP contribution in [-0.2, 0) is 4.74 Å². The minimum absolute atomic E-state index is 0.00845. The molecule has 0 aromatic heterocycles. The van der Waals surface area contributed by atoms with Gasteiger partial charge in [0.25, 0.3) is 5.69 Å². The van der Waals surface area contributed by atoms with E-state index in [-0.39, 0.29) is 12.3 Å². The smallest absolute Gasteiger partial charge is 0.269 e. The van der Waals surface area contributed by atoms with Gasteiger partial charge < -0.3 is 19.9 Å². The number of hydrogen-bond donors (Lipinski definition) is 2. The van der Waals surface area contributed by atoms with Crippen molar-refractivity contribution >= 4 is 5.69 Å². The Hall–Kier alpha value is -1.70. The third kappa shape index (κ3) is 6.14. The molecule has 1 aromatic carbocycles. The van der Waals surface area contributed by atoms with E-state index in [0.717, 1.165) is 0 Å². The lowest BCUT2D eigenvalue weighted by molar-refractivity contribution is -0.384. The maximum absolute atomic E-state index is 10.5. The van der Waals surface area contributed by atoms with Gasteiger partial charge in [-0.25, -0.2) is 0 Å². The van der Waals surface area contributed by atoms with Gasteiger partial charge in [-0.2, -0.15) is 0 Å². The van der Waals surface area contributed by atoms with E-state index < -0.39 is 11.0 Å². The van der Waals surface area contributed by atoms with Crippen LogP contribution in [0.2, 0.25) is 0 Å². The molecule has 1 atom stereocenters. The molecule has 0 heterocycles. The van der Waals surface area contributed by atoms with Crippen molar-refractivity contribution in [2.24, 2.45) is 0 Å². The van der Waals surface area contributed by atoms with Gasteiger partial charge >= 0.3 is 0 Å². The molecular formula is C12H18N2O5. The highest BCUT2D eigenvalue weighted by molar-refractivity contribution is 5.35. The lowest BCUT2D eigenvalue weighted by atomic mass is 10.3. The highest BCUT2D eigenvalue weighted by Crippen LogP contribution is 2.17. The molecule has 0 unspecified atom stereocenters. The van der Waals surface area contributed by atoms with Crippen LogP contribution in [-0.4, -0.2) is 49.5 Å². The maximum atomic E-state index is 10.5. The largest absolute Gasteiger partial charge is 0.491 e. The monoisotopic (exact) mass is 270 g/mol. The normalized spacial score (nSPS) is 12.1. The van der Waals surface area contributed by atoms with Crippen LogP contribution in [0.4, 0.5) is 5.69 Å². The summed E-state index contributed by atoms with van der Waals surface area (Å²) in [5.74, 6) is 0.488. The first-order valence-corrected chi connectivity index (χ1v) is 5.88. The number of aliphatic hydroxyl groups excluding tert-OH is 1. The summed E-state index contributed by atoms with van der Waals surface area (Å²) in [5, 5.41) is 23.1. The zero-order valence-corrected chi connectivity index (χ0v) is 10.7. The molecule has 2 N–H and O–H groups in total. The van der Waals surface area contributed by atoms with Crippen LogP contribution in [0.25, 0.3) is 0 Å². The molecule has 19 heavy (non-hydrogen) atoms. The molecule has 0 amide bonds. The fraction of sp³-hybridized carbons (Fsp3) is 0.500. The van der Waals surface area contributed by atoms with Crippen LogP contribution in [0, 0.1) is 10.1 Å². The maximum Gasteiger partial charge on any atom is 0.269 e. The molecule has 1 rings (SSSR count). The van der Waals surface area contributed by atoms with Gasteiger partial charge in [0.05, 0.1) is 11.5 Å². The van der Waals surface area contributed by atoms with Gasteiger partial charge in [-0.1, -0.05) is 0 Å². The number of nitro groups is 1. The molecule has 0 fully saturated rings. The number of aliphatic hydroxyl groups is 1. The number of non-ortho nitro benzene ring substituents is 1. The summed E-state index contributed by atoms with van der Waals surface area (Å²) < 4.78 is 10.2. The molecule has 7 heteroatoms. The van der Waals surface area contributed by atoms with Crippen LogP contribution in [0.15, 0.2) is 24.3 Å². The zero-order valence-electron chi connectivity index (χ0n) is 10.7. The summed E-state index contributed by atoms with van der Waals surface area (Å²) in [6.07, 6.45) is -0.646. The van der Waals surface area contributed by atoms with Crippen LogP contribution < -0.4 is 10.1 Å². The van der Waals surface area contributed by atoms with Crippen molar-refractivity contribution in [3.63, 3.8) is 0 Å². The number of nitro benzene ring substituents is 1. The third-order valence-corrected chi connectivity index (χ3v) is 2.35. The summed E-state index contributed by atoms with van der Waals surface area (Å²) in [4.78, 5) is 9.98. The molecule has 1 aromatic rings. The minimum Gasteiger partial charge on any atom is -0.491 e. The topological polar surface area (TPSA) is 93.9 Å². The molecule has 0 saturated heterocycles. The van der Waals surface area contributed by atoms with Gasteiger partial charge in [-0.15, -0.1) is 0 Å². The number of hydrogen-bond acceptors (Lipinski definition) is 6. The Balaban J connectivity index is 2.25. The molecule has 0 bridgehead atoms. The van der Waals surface area contributed by atoms with E-state index in [0.29, 0.717) is 25.4 Å². The van der Waals surface area contributed by atoms with Gasteiger partial charge in [-0.3, -0.25) is 10.1 Å². The molecule has 106 valence electrons. The molecule has 7 nitrogen and oxygen atoms in total. The first kappa shape index (κ1) is 15.4. The van der Waals surface area contributed by atoms with Crippen LogP contribution in [0.5, 0.6) is 5.75 Å². The predicted molar refractivity (Wildman–Crippen MR) is 69.3 cm³/mol. The second-order valence-corrected chi connectivity index (χ2v) is 3.91. The van der Waals surface area contributed by atoms with Crippen molar-refractivity contribution in [2.45, 2.75) is 6.10 Å². The number of rotatable bonds is 9. The second-order valence-electron chi connectivity index (χ2n) is 3.91. The molecule has 0 aliphatic carbocycles. The van der Waals surface area contributed by atoms with Gasteiger partial charge in [-0.05, 0) is 12.1 Å². The van der Waals surface area contributed by atoms with Crippen molar-refractivity contribution < 1.29 is 19.5 Å². The van der Waals surface area contributed by atoms with Gasteiger partial charge in [0.15, 0.2) is 0 Å². The Morgan fingerprint density at radius 3 is 2.68 bits per heavy atom. The fourth-order valence-corrected chi connectivity index (χ4v) is 1.36. The molecular weight excluding hydrogens is 252 g/mol. The SMILES string of the molecule is COCCNC[C@H](O)COc1ccc([N+](=O)[O-])cc1. The molecule has 0 aliphatic heterocycles. The van der Waals surface area contributed by atoms with E-state index in [4.69, 9.17) is 9.47 Å². The summed E-state index contributed by atoms with van der Waals surface area (Å²) in [5.41, 5.74) is 0.00845. The molecule has 0 saturated carbocycles. The highest BCUT2D eigenvalue weighted by atomic mass is 16.6. The van der Waals surface area contributed by atoms with E-state index in [9.17, 15) is 15.2 Å². The zero-order chi connectivity index (χ0) is 14.1. The average Bonchev–Trinajstić information content (AvgIpc) is 2.42. The van der Waals surface area contributed by atoms with E-state index in [1.54, 1.807) is 7.11 Å². The number of benzene rings is 1. The van der Waals surface area contributed by atoms with E-state index >= 15 is 0 Å². The van der Waals surface area contributed by atoms with Crippen molar-refractivity contribution in [1.82, 2.24) is 5.32 Å². The Bertz CT molecular complexity index is 382. The average molecular weight is 270 g/mol. The van der Waals surface area contributed by atoms with Gasteiger partial charge in [0, 0.05) is 32.3 Å². The first-order chi connectivity index (χ1) is 9.13. The molecule has 0 aliphatic rings. The summed E-state index contributed by atoms with van der Waals surface area (Å²) in [6.45, 7) is 1.76. The Morgan fingerprint density at radius 2 is 2.11 bits per heavy atom. The number of ether oxygens (including phenoxy) is 2. The van der Waals surface area contributed by atoms with Crippen molar-refractivity contribution in [2.75, 3.05) is 33.4 Å². The number of nitrogens with zero attached hydrogens (tertiary/aromatic N) is 1. The first-order valence-electron chi connectivity index (χ1n) is 5.88. The number of methoxy groups -OCH3 is 1. The third-order valence-electron chi connectivity index (χ3n) is 2.35. The highest BCUT2D eigenvalue weighted by Gasteiger charge is 2.07. The second kappa shape index (κ2) is 8.41. The van der Waals surface area contributed by atoms with E-state index in [2.05, 4.69) is 5.32 Å². The summed E-state index contributed by atoms with van der Waals surface area (Å²) >= 11 is 0.